The van der Waals surface area contributed by atoms with E-state index in [-0.39, 0.29) is 6.10 Å². The zero-order valence-electron chi connectivity index (χ0n) is 9.11. The van der Waals surface area contributed by atoms with Crippen LogP contribution in [0.15, 0.2) is 31.0 Å². The molecule has 0 aliphatic heterocycles. The fourth-order valence-electron chi connectivity index (χ4n) is 1.40. The van der Waals surface area contributed by atoms with Crippen LogP contribution in [-0.4, -0.2) is 16.2 Å². The quantitative estimate of drug-likeness (QED) is 0.791. The molecular weight excluding hydrogens is 186 g/mol. The molecule has 80 valence electrons. The van der Waals surface area contributed by atoms with Crippen LogP contribution in [0.1, 0.15) is 19.8 Å². The smallest absolute Gasteiger partial charge is 0.0728 e. The molecule has 1 rings (SSSR count). The summed E-state index contributed by atoms with van der Waals surface area (Å²) in [7, 11) is 0. The Hall–Kier alpha value is -1.41. The maximum Gasteiger partial charge on any atom is 0.0728 e. The van der Waals surface area contributed by atoms with Gasteiger partial charge >= 0.3 is 0 Å². The van der Waals surface area contributed by atoms with Crippen molar-refractivity contribution in [1.29, 1.82) is 0 Å². The summed E-state index contributed by atoms with van der Waals surface area (Å²) in [6, 6.07) is 3.76. The van der Waals surface area contributed by atoms with Crippen molar-refractivity contribution in [3.8, 4) is 0 Å². The molecule has 0 saturated heterocycles. The monoisotopic (exact) mass is 203 g/mol. The molecule has 1 unspecified atom stereocenters. The number of nitrogens with zero attached hydrogens (tertiary/aromatic N) is 1. The lowest BCUT2D eigenvalue weighted by molar-refractivity contribution is 0.176. The lowest BCUT2D eigenvalue weighted by Gasteiger charge is -2.07. The average molecular weight is 203 g/mol. The summed E-state index contributed by atoms with van der Waals surface area (Å²) >= 11 is 0. The number of rotatable bonds is 4. The zero-order valence-corrected chi connectivity index (χ0v) is 9.11. The van der Waals surface area contributed by atoms with Gasteiger partial charge in [-0.2, -0.15) is 0 Å². The minimum absolute atomic E-state index is 0.334. The first-order valence-electron chi connectivity index (χ1n) is 5.12. The van der Waals surface area contributed by atoms with Gasteiger partial charge in [0.05, 0.1) is 11.5 Å². The van der Waals surface area contributed by atoms with Crippen LogP contribution in [0.25, 0.3) is 12.2 Å². The molecule has 0 radical (unpaired) electrons. The second kappa shape index (κ2) is 5.47. The largest absolute Gasteiger partial charge is 0.393 e. The second-order valence-corrected chi connectivity index (χ2v) is 3.51. The first-order valence-corrected chi connectivity index (χ1v) is 5.12. The van der Waals surface area contributed by atoms with Gasteiger partial charge in [-0.05, 0) is 23.3 Å². The highest BCUT2D eigenvalue weighted by Gasteiger charge is 2.04. The van der Waals surface area contributed by atoms with E-state index in [0.29, 0.717) is 6.42 Å². The van der Waals surface area contributed by atoms with E-state index < -0.39 is 0 Å². The van der Waals surface area contributed by atoms with Crippen LogP contribution < -0.4 is 10.6 Å². The lowest BCUT2D eigenvalue weighted by atomic mass is 10.1. The topological polar surface area (TPSA) is 33.1 Å². The fraction of sp³-hybridized carbons (Fsp3) is 0.308. The van der Waals surface area contributed by atoms with Crippen molar-refractivity contribution in [3.63, 3.8) is 0 Å². The van der Waals surface area contributed by atoms with Gasteiger partial charge in [0.15, 0.2) is 0 Å². The van der Waals surface area contributed by atoms with Crippen LogP contribution in [0, 0.1) is 0 Å². The van der Waals surface area contributed by atoms with Gasteiger partial charge in [-0.25, -0.2) is 0 Å². The Labute approximate surface area is 90.3 Å². The highest BCUT2D eigenvalue weighted by molar-refractivity contribution is 5.54. The molecular formula is C13H17NO. The summed E-state index contributed by atoms with van der Waals surface area (Å²) in [5.74, 6) is 0. The minimum atomic E-state index is -0.334. The number of pyridine rings is 1. The Balaban J connectivity index is 3.20. The predicted octanol–water partition coefficient (Wildman–Crippen LogP) is 0.990. The van der Waals surface area contributed by atoms with Crippen LogP contribution in [0.5, 0.6) is 0 Å². The van der Waals surface area contributed by atoms with Gasteiger partial charge in [-0.15, -0.1) is 0 Å². The standard InChI is InChI=1S/C13H17NO/c1-4-11(9-12(15)5-2)13-10(3)7-6-8-14-13/h4,6-8,12,15H,1,3,5,9H2,2H3/b13-11-. The molecule has 2 heteroatoms. The first-order chi connectivity index (χ1) is 7.19. The molecule has 0 saturated carbocycles. The molecule has 0 bridgehead atoms. The maximum atomic E-state index is 9.59. The van der Waals surface area contributed by atoms with E-state index >= 15 is 0 Å². The third kappa shape index (κ3) is 3.03. The summed E-state index contributed by atoms with van der Waals surface area (Å²) < 4.78 is 0. The van der Waals surface area contributed by atoms with Gasteiger partial charge in [-0.3, -0.25) is 4.98 Å². The van der Waals surface area contributed by atoms with Crippen molar-refractivity contribution in [2.75, 3.05) is 0 Å². The fourth-order valence-corrected chi connectivity index (χ4v) is 1.40. The van der Waals surface area contributed by atoms with Crippen LogP contribution >= 0.6 is 0 Å². The molecule has 1 aromatic heterocycles. The Bertz CT molecular complexity index is 436. The Morgan fingerprint density at radius 1 is 1.67 bits per heavy atom. The van der Waals surface area contributed by atoms with Crippen LogP contribution in [0.3, 0.4) is 0 Å². The number of aromatic nitrogens is 1. The lowest BCUT2D eigenvalue weighted by Crippen LogP contribution is -2.29. The van der Waals surface area contributed by atoms with E-state index in [1.165, 1.54) is 0 Å². The van der Waals surface area contributed by atoms with Gasteiger partial charge in [0.25, 0.3) is 0 Å². The summed E-state index contributed by atoms with van der Waals surface area (Å²) in [6.07, 6.45) is 4.46. The highest BCUT2D eigenvalue weighted by atomic mass is 16.3. The number of aliphatic hydroxyl groups is 1. The molecule has 1 atom stereocenters. The zero-order chi connectivity index (χ0) is 11.3. The molecule has 0 amide bonds. The van der Waals surface area contributed by atoms with Crippen molar-refractivity contribution in [2.24, 2.45) is 0 Å². The average Bonchev–Trinajstić information content (AvgIpc) is 2.26. The SMILES string of the molecule is C=C/C(CC(O)CC)=c1/ncccc1=C. The minimum Gasteiger partial charge on any atom is -0.393 e. The van der Waals surface area contributed by atoms with Gasteiger partial charge in [0, 0.05) is 12.6 Å². The third-order valence-corrected chi connectivity index (χ3v) is 2.37. The molecule has 0 spiro atoms. The third-order valence-electron chi connectivity index (χ3n) is 2.37. The van der Waals surface area contributed by atoms with Crippen molar-refractivity contribution in [2.45, 2.75) is 25.9 Å². The molecule has 1 heterocycles. The number of aliphatic hydroxyl groups excluding tert-OH is 1. The van der Waals surface area contributed by atoms with E-state index in [4.69, 9.17) is 0 Å². The van der Waals surface area contributed by atoms with Gasteiger partial charge < -0.3 is 5.11 Å². The summed E-state index contributed by atoms with van der Waals surface area (Å²) in [5, 5.41) is 11.3. The maximum absolute atomic E-state index is 9.59. The summed E-state index contributed by atoms with van der Waals surface area (Å²) in [6.45, 7) is 9.61. The van der Waals surface area contributed by atoms with Gasteiger partial charge in [-0.1, -0.05) is 32.2 Å². The highest BCUT2D eigenvalue weighted by Crippen LogP contribution is 2.07. The summed E-state index contributed by atoms with van der Waals surface area (Å²) in [4.78, 5) is 4.25. The van der Waals surface area contributed by atoms with Crippen LogP contribution in [0.4, 0.5) is 0 Å². The first kappa shape index (κ1) is 11.7. The second-order valence-electron chi connectivity index (χ2n) is 3.51. The Kier molecular flexibility index (Phi) is 4.25. The Morgan fingerprint density at radius 2 is 2.40 bits per heavy atom. The normalized spacial score (nSPS) is 14.5. The van der Waals surface area contributed by atoms with Crippen molar-refractivity contribution in [1.82, 2.24) is 4.98 Å². The number of hydrogen-bond donors (Lipinski definition) is 1. The van der Waals surface area contributed by atoms with E-state index in [9.17, 15) is 5.11 Å². The molecule has 0 fully saturated rings. The molecule has 15 heavy (non-hydrogen) atoms. The van der Waals surface area contributed by atoms with Crippen molar-refractivity contribution in [3.05, 3.63) is 41.6 Å². The number of allylic oxidation sites excluding steroid dienone is 1. The van der Waals surface area contributed by atoms with Crippen molar-refractivity contribution < 1.29 is 5.11 Å². The molecule has 0 aromatic carbocycles. The van der Waals surface area contributed by atoms with E-state index in [1.54, 1.807) is 12.3 Å². The van der Waals surface area contributed by atoms with E-state index in [0.717, 1.165) is 22.6 Å². The molecule has 1 N–H and O–H groups in total. The Morgan fingerprint density at radius 3 is 2.93 bits per heavy atom. The van der Waals surface area contributed by atoms with Crippen LogP contribution in [-0.2, 0) is 0 Å². The van der Waals surface area contributed by atoms with Gasteiger partial charge in [0.2, 0.25) is 0 Å². The van der Waals surface area contributed by atoms with E-state index in [2.05, 4.69) is 18.1 Å². The van der Waals surface area contributed by atoms with Crippen LogP contribution in [0.2, 0.25) is 0 Å². The molecule has 1 aromatic rings. The van der Waals surface area contributed by atoms with Crippen molar-refractivity contribution >= 4 is 12.2 Å². The molecule has 0 aliphatic rings. The van der Waals surface area contributed by atoms with E-state index in [1.807, 2.05) is 19.1 Å². The molecule has 0 aliphatic carbocycles. The number of hydrogen-bond acceptors (Lipinski definition) is 2. The predicted molar refractivity (Wildman–Crippen MR) is 63.5 cm³/mol. The summed E-state index contributed by atoms with van der Waals surface area (Å²) in [5.41, 5.74) is 0.954. The van der Waals surface area contributed by atoms with Gasteiger partial charge in [0.1, 0.15) is 0 Å². The molecule has 2 nitrogen and oxygen atoms in total.